The number of nitrogens with two attached hydrogens (primary N) is 1. The molecule has 0 saturated carbocycles. The number of rotatable bonds is 3. The van der Waals surface area contributed by atoms with Crippen molar-refractivity contribution >= 4 is 33.1 Å². The second kappa shape index (κ2) is 5.72. The molecule has 1 heterocycles. The van der Waals surface area contributed by atoms with E-state index in [9.17, 15) is 8.42 Å². The van der Waals surface area contributed by atoms with E-state index in [4.69, 9.17) is 17.4 Å². The van der Waals surface area contributed by atoms with Crippen LogP contribution in [0.4, 0.5) is 5.69 Å². The largest absolute Gasteiger partial charge is 0.286 e. The van der Waals surface area contributed by atoms with Gasteiger partial charge in [0.15, 0.2) is 0 Å². The third-order valence-electron chi connectivity index (χ3n) is 3.44. The molecule has 0 radical (unpaired) electrons. The first kappa shape index (κ1) is 15.0. The third kappa shape index (κ3) is 2.85. The van der Waals surface area contributed by atoms with Gasteiger partial charge in [-0.05, 0) is 30.2 Å². The number of hydrogen-bond donors (Lipinski definition) is 1. The van der Waals surface area contributed by atoms with Crippen LogP contribution in [0.15, 0.2) is 57.8 Å². The highest BCUT2D eigenvalue weighted by Crippen LogP contribution is 2.32. The van der Waals surface area contributed by atoms with Crippen molar-refractivity contribution in [1.82, 2.24) is 0 Å². The molecule has 5 nitrogen and oxygen atoms in total. The highest BCUT2D eigenvalue weighted by Gasteiger charge is 2.29. The van der Waals surface area contributed by atoms with E-state index in [1.807, 2.05) is 30.3 Å². The maximum Gasteiger partial charge on any atom is 0.286 e. The first-order chi connectivity index (χ1) is 10.5. The maximum absolute atomic E-state index is 12.3. The Bertz CT molecular complexity index is 835. The molecule has 22 heavy (non-hydrogen) atoms. The summed E-state index contributed by atoms with van der Waals surface area (Å²) in [5, 5.41) is 1.65. The van der Waals surface area contributed by atoms with Gasteiger partial charge in [0, 0.05) is 11.4 Å². The minimum atomic E-state index is -3.77. The first-order valence-corrected chi connectivity index (χ1v) is 8.51. The van der Waals surface area contributed by atoms with Gasteiger partial charge in [0.2, 0.25) is 0 Å². The predicted octanol–water partition coefficient (Wildman–Crippen LogP) is 2.75. The van der Waals surface area contributed by atoms with Crippen LogP contribution in [0.3, 0.4) is 0 Å². The summed E-state index contributed by atoms with van der Waals surface area (Å²) in [6.45, 7) is 0. The molecule has 0 aromatic heterocycles. The normalized spacial score (nSPS) is 16.1. The van der Waals surface area contributed by atoms with E-state index in [1.54, 1.807) is 12.1 Å². The molecular weight excluding hydrogens is 322 g/mol. The van der Waals surface area contributed by atoms with Crippen molar-refractivity contribution in [3.05, 3.63) is 59.1 Å². The number of aryl methyl sites for hydroxylation is 1. The fourth-order valence-electron chi connectivity index (χ4n) is 2.33. The van der Waals surface area contributed by atoms with Crippen molar-refractivity contribution in [2.24, 2.45) is 10.2 Å². The van der Waals surface area contributed by atoms with Gasteiger partial charge in [-0.25, -0.2) is 5.84 Å². The summed E-state index contributed by atoms with van der Waals surface area (Å²) in [6.07, 6.45) is 1.09. The van der Waals surface area contributed by atoms with Gasteiger partial charge < -0.3 is 0 Å². The quantitative estimate of drug-likeness (QED) is 0.875. The summed E-state index contributed by atoms with van der Waals surface area (Å²) in [4.78, 5) is 0.0333. The topological polar surface area (TPSA) is 75.8 Å². The minimum Gasteiger partial charge on any atom is -0.264 e. The van der Waals surface area contributed by atoms with E-state index >= 15 is 0 Å². The highest BCUT2D eigenvalue weighted by atomic mass is 35.5. The molecule has 0 bridgehead atoms. The monoisotopic (exact) mass is 335 g/mol. The van der Waals surface area contributed by atoms with E-state index in [-0.39, 0.29) is 4.90 Å². The molecule has 0 fully saturated rings. The van der Waals surface area contributed by atoms with Crippen molar-refractivity contribution < 1.29 is 8.42 Å². The Kier molecular flexibility index (Phi) is 3.90. The molecule has 1 aliphatic rings. The smallest absolute Gasteiger partial charge is 0.264 e. The number of benzene rings is 2. The standard InChI is InChI=1S/C15H14ClN3O2S/c16-12-7-8-13-14(10-12)22(20,21)18-15(19(13)17)9-6-11-4-2-1-3-5-11/h1-5,7-8,10H,6,9,17H2. The van der Waals surface area contributed by atoms with Gasteiger partial charge in [-0.15, -0.1) is 4.40 Å². The second-order valence-electron chi connectivity index (χ2n) is 4.95. The van der Waals surface area contributed by atoms with Gasteiger partial charge in [-0.3, -0.25) is 5.01 Å². The summed E-state index contributed by atoms with van der Waals surface area (Å²) < 4.78 is 28.4. The molecular formula is C15H14ClN3O2S. The molecule has 114 valence electrons. The summed E-state index contributed by atoms with van der Waals surface area (Å²) >= 11 is 5.86. The van der Waals surface area contributed by atoms with Crippen LogP contribution in [0.1, 0.15) is 12.0 Å². The minimum absolute atomic E-state index is 0.0333. The number of halogens is 1. The Morgan fingerprint density at radius 2 is 1.82 bits per heavy atom. The molecule has 2 aromatic rings. The molecule has 0 unspecified atom stereocenters. The van der Waals surface area contributed by atoms with E-state index in [0.717, 1.165) is 5.56 Å². The van der Waals surface area contributed by atoms with Crippen molar-refractivity contribution in [1.29, 1.82) is 0 Å². The van der Waals surface area contributed by atoms with Crippen LogP contribution in [-0.4, -0.2) is 14.3 Å². The average Bonchev–Trinajstić information content (AvgIpc) is 2.50. The number of anilines is 1. The maximum atomic E-state index is 12.3. The van der Waals surface area contributed by atoms with Crippen molar-refractivity contribution in [3.63, 3.8) is 0 Å². The van der Waals surface area contributed by atoms with E-state index < -0.39 is 10.0 Å². The summed E-state index contributed by atoms with van der Waals surface area (Å²) in [5.41, 5.74) is 1.49. The molecule has 2 N–H and O–H groups in total. The van der Waals surface area contributed by atoms with Crippen molar-refractivity contribution in [2.45, 2.75) is 17.7 Å². The average molecular weight is 336 g/mol. The van der Waals surface area contributed by atoms with Gasteiger partial charge >= 0.3 is 0 Å². The number of hydrogen-bond acceptors (Lipinski definition) is 4. The molecule has 0 amide bonds. The van der Waals surface area contributed by atoms with Crippen LogP contribution < -0.4 is 10.9 Å². The number of nitrogens with zero attached hydrogens (tertiary/aromatic N) is 2. The zero-order chi connectivity index (χ0) is 15.7. The van der Waals surface area contributed by atoms with E-state index in [2.05, 4.69) is 4.40 Å². The van der Waals surface area contributed by atoms with Crippen LogP contribution in [-0.2, 0) is 16.4 Å². The van der Waals surface area contributed by atoms with Gasteiger partial charge in [0.1, 0.15) is 10.7 Å². The lowest BCUT2D eigenvalue weighted by atomic mass is 10.1. The molecule has 7 heteroatoms. The Morgan fingerprint density at radius 3 is 2.55 bits per heavy atom. The lowest BCUT2D eigenvalue weighted by molar-refractivity contribution is 0.596. The van der Waals surface area contributed by atoms with Crippen molar-refractivity contribution in [2.75, 3.05) is 5.01 Å². The lowest BCUT2D eigenvalue weighted by Crippen LogP contribution is -2.41. The molecule has 0 saturated heterocycles. The zero-order valence-corrected chi connectivity index (χ0v) is 13.2. The van der Waals surface area contributed by atoms with Crippen LogP contribution in [0.5, 0.6) is 0 Å². The summed E-state index contributed by atoms with van der Waals surface area (Å²) in [5.74, 6) is 6.34. The van der Waals surface area contributed by atoms with Gasteiger partial charge in [0.25, 0.3) is 10.0 Å². The Hall–Kier alpha value is -1.89. The molecule has 1 aliphatic heterocycles. The Morgan fingerprint density at radius 1 is 1.09 bits per heavy atom. The summed E-state index contributed by atoms with van der Waals surface area (Å²) in [7, 11) is -3.77. The number of hydrazine groups is 1. The van der Waals surface area contributed by atoms with Gasteiger partial charge in [-0.2, -0.15) is 8.42 Å². The lowest BCUT2D eigenvalue weighted by Gasteiger charge is -2.26. The molecule has 0 atom stereocenters. The summed E-state index contributed by atoms with van der Waals surface area (Å²) in [6, 6.07) is 14.3. The SMILES string of the molecule is NN1C(CCc2ccccc2)=NS(=O)(=O)c2cc(Cl)ccc21. The van der Waals surface area contributed by atoms with Gasteiger partial charge in [0.05, 0.1) is 5.69 Å². The Balaban J connectivity index is 1.91. The van der Waals surface area contributed by atoms with Crippen LogP contribution in [0.2, 0.25) is 5.02 Å². The second-order valence-corrected chi connectivity index (χ2v) is 6.96. The fourth-order valence-corrected chi connectivity index (χ4v) is 3.83. The zero-order valence-electron chi connectivity index (χ0n) is 11.6. The molecule has 0 aliphatic carbocycles. The van der Waals surface area contributed by atoms with Gasteiger partial charge in [-0.1, -0.05) is 41.9 Å². The number of sulfonamides is 1. The predicted molar refractivity (Wildman–Crippen MR) is 87.5 cm³/mol. The van der Waals surface area contributed by atoms with Crippen LogP contribution in [0, 0.1) is 0 Å². The van der Waals surface area contributed by atoms with Crippen LogP contribution in [0.25, 0.3) is 0 Å². The van der Waals surface area contributed by atoms with Crippen LogP contribution >= 0.6 is 11.6 Å². The number of amidine groups is 1. The molecule has 3 rings (SSSR count). The first-order valence-electron chi connectivity index (χ1n) is 6.69. The highest BCUT2D eigenvalue weighted by molar-refractivity contribution is 7.90. The van der Waals surface area contributed by atoms with E-state index in [1.165, 1.54) is 11.1 Å². The fraction of sp³-hybridized carbons (Fsp3) is 0.133. The molecule has 0 spiro atoms. The molecule has 2 aromatic carbocycles. The Labute approximate surface area is 134 Å². The van der Waals surface area contributed by atoms with E-state index in [0.29, 0.717) is 29.4 Å². The third-order valence-corrected chi connectivity index (χ3v) is 5.01. The van der Waals surface area contributed by atoms with Crippen molar-refractivity contribution in [3.8, 4) is 0 Å². The number of fused-ring (bicyclic) bond motifs is 1.